The van der Waals surface area contributed by atoms with E-state index in [4.69, 9.17) is 11.6 Å². The van der Waals surface area contributed by atoms with Crippen LogP contribution in [0.5, 0.6) is 0 Å². The maximum Gasteiger partial charge on any atom is 0.299 e. The van der Waals surface area contributed by atoms with Crippen molar-refractivity contribution >= 4 is 17.2 Å². The van der Waals surface area contributed by atoms with Crippen LogP contribution in [-0.4, -0.2) is 14.6 Å². The number of aromatic nitrogens is 3. The van der Waals surface area contributed by atoms with Crippen molar-refractivity contribution in [2.75, 3.05) is 0 Å². The molecule has 6 heteroatoms. The lowest BCUT2D eigenvalue weighted by Gasteiger charge is -2.12. The Labute approximate surface area is 102 Å². The topological polar surface area (TPSA) is 30.2 Å². The van der Waals surface area contributed by atoms with Crippen LogP contribution >= 0.6 is 11.6 Å². The Morgan fingerprint density at radius 2 is 2.00 bits per heavy atom. The Hall–Kier alpha value is -1.23. The molecule has 17 heavy (non-hydrogen) atoms. The lowest BCUT2D eigenvalue weighted by molar-refractivity contribution is 0.140. The van der Waals surface area contributed by atoms with E-state index >= 15 is 0 Å². The van der Waals surface area contributed by atoms with Crippen molar-refractivity contribution in [3.8, 4) is 0 Å². The van der Waals surface area contributed by atoms with Gasteiger partial charge in [0.05, 0.1) is 0 Å². The van der Waals surface area contributed by atoms with E-state index in [0.717, 1.165) is 11.1 Å². The molecule has 0 N–H and O–H groups in total. The van der Waals surface area contributed by atoms with Gasteiger partial charge in [-0.3, -0.25) is 0 Å². The van der Waals surface area contributed by atoms with Crippen molar-refractivity contribution in [1.82, 2.24) is 14.6 Å². The van der Waals surface area contributed by atoms with Crippen molar-refractivity contribution in [3.05, 3.63) is 28.2 Å². The number of fused-ring (bicyclic) bond motifs is 1. The number of pyridine rings is 1. The summed E-state index contributed by atoms with van der Waals surface area (Å²) in [6, 6.07) is 1.72. The molecule has 0 aliphatic carbocycles. The molecule has 0 bridgehead atoms. The fraction of sp³-hybridized carbons (Fsp3) is 0.455. The van der Waals surface area contributed by atoms with Gasteiger partial charge >= 0.3 is 0 Å². The lowest BCUT2D eigenvalue weighted by atomic mass is 10.0. The highest BCUT2D eigenvalue weighted by Crippen LogP contribution is 2.29. The van der Waals surface area contributed by atoms with Crippen molar-refractivity contribution in [2.24, 2.45) is 0 Å². The van der Waals surface area contributed by atoms with E-state index in [1.165, 1.54) is 4.52 Å². The maximum atomic E-state index is 12.5. The minimum Gasteiger partial charge on any atom is -0.206 e. The minimum atomic E-state index is -2.69. The van der Waals surface area contributed by atoms with Crippen LogP contribution in [0.4, 0.5) is 8.78 Å². The lowest BCUT2D eigenvalue weighted by Crippen LogP contribution is -2.01. The number of aryl methyl sites for hydroxylation is 1. The number of hydrogen-bond acceptors (Lipinski definition) is 2. The van der Waals surface area contributed by atoms with Crippen molar-refractivity contribution in [3.63, 3.8) is 0 Å². The van der Waals surface area contributed by atoms with Crippen LogP contribution in [0.25, 0.3) is 5.65 Å². The van der Waals surface area contributed by atoms with Crippen LogP contribution in [-0.2, 0) is 0 Å². The summed E-state index contributed by atoms with van der Waals surface area (Å²) in [5, 5.41) is 4.08. The van der Waals surface area contributed by atoms with Gasteiger partial charge in [0.25, 0.3) is 6.43 Å². The van der Waals surface area contributed by atoms with E-state index in [2.05, 4.69) is 10.1 Å². The number of nitrogens with zero attached hydrogens (tertiary/aromatic N) is 3. The van der Waals surface area contributed by atoms with Crippen LogP contribution in [0.1, 0.15) is 43.1 Å². The quantitative estimate of drug-likeness (QED) is 0.769. The molecule has 2 rings (SSSR count). The van der Waals surface area contributed by atoms with Gasteiger partial charge in [-0.1, -0.05) is 25.4 Å². The van der Waals surface area contributed by atoms with E-state index in [0.29, 0.717) is 10.8 Å². The van der Waals surface area contributed by atoms with Gasteiger partial charge in [-0.15, -0.1) is 5.10 Å². The molecule has 3 nitrogen and oxygen atoms in total. The molecular weight excluding hydrogens is 248 g/mol. The van der Waals surface area contributed by atoms with Gasteiger partial charge in [-0.2, -0.15) is 0 Å². The van der Waals surface area contributed by atoms with E-state index in [9.17, 15) is 8.78 Å². The third-order valence-corrected chi connectivity index (χ3v) is 2.96. The maximum absolute atomic E-state index is 12.5. The molecule has 0 aliphatic rings. The molecule has 0 unspecified atom stereocenters. The van der Waals surface area contributed by atoms with E-state index in [1.807, 2.05) is 20.8 Å². The summed E-state index contributed by atoms with van der Waals surface area (Å²) in [5.41, 5.74) is 2.20. The predicted molar refractivity (Wildman–Crippen MR) is 61.8 cm³/mol. The summed E-state index contributed by atoms with van der Waals surface area (Å²) >= 11 is 6.18. The van der Waals surface area contributed by atoms with E-state index < -0.39 is 12.2 Å². The van der Waals surface area contributed by atoms with E-state index in [-0.39, 0.29) is 5.92 Å². The van der Waals surface area contributed by atoms with Crippen molar-refractivity contribution < 1.29 is 8.78 Å². The average molecular weight is 260 g/mol. The fourth-order valence-electron chi connectivity index (χ4n) is 1.91. The fourth-order valence-corrected chi connectivity index (χ4v) is 2.40. The number of alkyl halides is 2. The molecule has 0 aliphatic heterocycles. The molecular formula is C11H12ClF2N3. The van der Waals surface area contributed by atoms with Crippen LogP contribution < -0.4 is 0 Å². The molecule has 92 valence electrons. The SMILES string of the molecule is Cc1cc2nc(C(F)F)nn2c(Cl)c1C(C)C. The largest absolute Gasteiger partial charge is 0.299 e. The van der Waals surface area contributed by atoms with Gasteiger partial charge in [-0.05, 0) is 30.0 Å². The highest BCUT2D eigenvalue weighted by Gasteiger charge is 2.19. The number of hydrogen-bond donors (Lipinski definition) is 0. The zero-order valence-corrected chi connectivity index (χ0v) is 10.5. The number of halogens is 3. The summed E-state index contributed by atoms with van der Waals surface area (Å²) in [6.45, 7) is 5.87. The van der Waals surface area contributed by atoms with E-state index in [1.54, 1.807) is 6.07 Å². The predicted octanol–water partition coefficient (Wildman–Crippen LogP) is 3.75. The Bertz CT molecular complexity index is 563. The molecule has 0 amide bonds. The highest BCUT2D eigenvalue weighted by atomic mass is 35.5. The van der Waals surface area contributed by atoms with Crippen LogP contribution in [0.2, 0.25) is 5.15 Å². The second-order valence-corrected chi connectivity index (χ2v) is 4.59. The molecule has 0 aromatic carbocycles. The Morgan fingerprint density at radius 3 is 2.53 bits per heavy atom. The second-order valence-electron chi connectivity index (χ2n) is 4.23. The van der Waals surface area contributed by atoms with Gasteiger partial charge in [0, 0.05) is 0 Å². The number of rotatable bonds is 2. The Morgan fingerprint density at radius 1 is 1.35 bits per heavy atom. The van der Waals surface area contributed by atoms with Gasteiger partial charge in [0.1, 0.15) is 5.15 Å². The smallest absolute Gasteiger partial charge is 0.206 e. The first-order valence-corrected chi connectivity index (χ1v) is 5.63. The molecule has 2 aromatic heterocycles. The summed E-state index contributed by atoms with van der Waals surface area (Å²) in [7, 11) is 0. The molecule has 0 atom stereocenters. The minimum absolute atomic E-state index is 0.200. The van der Waals surface area contributed by atoms with Crippen LogP contribution in [0.3, 0.4) is 0 Å². The third kappa shape index (κ3) is 1.99. The molecule has 0 spiro atoms. The highest BCUT2D eigenvalue weighted by molar-refractivity contribution is 6.30. The van der Waals surface area contributed by atoms with Gasteiger partial charge in [-0.25, -0.2) is 18.3 Å². The summed E-state index contributed by atoms with van der Waals surface area (Å²) in [4.78, 5) is 3.75. The normalized spacial score (nSPS) is 12.0. The Balaban J connectivity index is 2.74. The monoisotopic (exact) mass is 259 g/mol. The zero-order chi connectivity index (χ0) is 12.7. The van der Waals surface area contributed by atoms with Gasteiger partial charge < -0.3 is 0 Å². The Kier molecular flexibility index (Phi) is 3.03. The first-order valence-electron chi connectivity index (χ1n) is 5.25. The summed E-state index contributed by atoms with van der Waals surface area (Å²) < 4.78 is 26.3. The molecule has 2 heterocycles. The second kappa shape index (κ2) is 4.22. The zero-order valence-electron chi connectivity index (χ0n) is 9.71. The average Bonchev–Trinajstić information content (AvgIpc) is 2.60. The van der Waals surface area contributed by atoms with Crippen molar-refractivity contribution in [2.45, 2.75) is 33.1 Å². The molecule has 0 saturated carbocycles. The molecule has 2 aromatic rings. The molecule has 0 saturated heterocycles. The summed E-state index contributed by atoms with van der Waals surface area (Å²) in [5.74, 6) is -0.293. The van der Waals surface area contributed by atoms with Gasteiger partial charge in [0.15, 0.2) is 5.65 Å². The summed E-state index contributed by atoms with van der Waals surface area (Å²) in [6.07, 6.45) is -2.69. The van der Waals surface area contributed by atoms with Gasteiger partial charge in [0.2, 0.25) is 5.82 Å². The molecule has 0 fully saturated rings. The van der Waals surface area contributed by atoms with Crippen LogP contribution in [0, 0.1) is 6.92 Å². The standard InChI is InChI=1S/C11H12ClF2N3/c1-5(2)8-6(3)4-7-15-11(10(13)14)16-17(7)9(8)12/h4-5,10H,1-3H3. The first-order chi connectivity index (χ1) is 7.91. The van der Waals surface area contributed by atoms with Crippen LogP contribution in [0.15, 0.2) is 6.07 Å². The first kappa shape index (κ1) is 12.2. The van der Waals surface area contributed by atoms with Crippen molar-refractivity contribution in [1.29, 1.82) is 0 Å². The third-order valence-electron chi connectivity index (χ3n) is 2.60. The molecule has 0 radical (unpaired) electrons.